The molecule has 0 radical (unpaired) electrons. The number of rotatable bonds is 3. The Morgan fingerprint density at radius 3 is 2.76 bits per heavy atom. The Labute approximate surface area is 119 Å². The average Bonchev–Trinajstić information content (AvgIpc) is 2.75. The molecule has 6 nitrogen and oxygen atoms in total. The molecule has 0 spiro atoms. The molecule has 0 aromatic carbocycles. The Hall–Kier alpha value is -1.48. The van der Waals surface area contributed by atoms with Crippen molar-refractivity contribution in [1.29, 1.82) is 0 Å². The third-order valence-electron chi connectivity index (χ3n) is 3.48. The number of halogens is 3. The van der Waals surface area contributed by atoms with E-state index in [0.717, 1.165) is 19.5 Å². The second-order valence-electron chi connectivity index (χ2n) is 5.26. The number of carbonyl (C=O) groups excluding carboxylic acids is 1. The fraction of sp³-hybridized carbons (Fsp3) is 0.750. The molecule has 2 rings (SSSR count). The molecular formula is C12H17F3N4O2. The molecule has 1 aliphatic heterocycles. The summed E-state index contributed by atoms with van der Waals surface area (Å²) in [5.41, 5.74) is 0. The molecule has 9 heteroatoms. The summed E-state index contributed by atoms with van der Waals surface area (Å²) in [5, 5.41) is 3.73. The monoisotopic (exact) mass is 306 g/mol. The largest absolute Gasteiger partial charge is 0.450 e. The Kier molecular flexibility index (Phi) is 4.62. The minimum absolute atomic E-state index is 0.156. The van der Waals surface area contributed by atoms with Gasteiger partial charge in [0.05, 0.1) is 12.5 Å². The lowest BCUT2D eigenvalue weighted by atomic mass is 10.2. The highest BCUT2D eigenvalue weighted by atomic mass is 19.4. The van der Waals surface area contributed by atoms with E-state index in [9.17, 15) is 18.0 Å². The fourth-order valence-electron chi connectivity index (χ4n) is 2.26. The van der Waals surface area contributed by atoms with Gasteiger partial charge in [0.15, 0.2) is 5.82 Å². The molecule has 1 aromatic heterocycles. The highest BCUT2D eigenvalue weighted by molar-refractivity contribution is 5.85. The summed E-state index contributed by atoms with van der Waals surface area (Å²) in [6, 6.07) is -0.156. The number of ketones is 1. The third kappa shape index (κ3) is 4.01. The molecule has 0 bridgehead atoms. The predicted molar refractivity (Wildman–Crippen MR) is 66.5 cm³/mol. The first-order valence-corrected chi connectivity index (χ1v) is 6.58. The smallest absolute Gasteiger partial charge is 0.339 e. The van der Waals surface area contributed by atoms with Crippen LogP contribution in [0.1, 0.15) is 24.2 Å². The standard InChI is InChI=1S/C12H17F3N4O2/c1-18-4-3-5-19(2)8(7-18)11-16-10(21-17-11)6-9(20)12(13,14)15/h8H,3-7H2,1-2H3. The van der Waals surface area contributed by atoms with E-state index in [0.29, 0.717) is 12.4 Å². The van der Waals surface area contributed by atoms with E-state index in [1.165, 1.54) is 0 Å². The Morgan fingerprint density at radius 1 is 1.38 bits per heavy atom. The SMILES string of the molecule is CN1CCCN(C)C(c2noc(CC(=O)C(F)(F)F)n2)C1. The van der Waals surface area contributed by atoms with Crippen molar-refractivity contribution in [2.45, 2.75) is 25.1 Å². The molecule has 1 fully saturated rings. The topological polar surface area (TPSA) is 62.5 Å². The maximum atomic E-state index is 12.2. The zero-order valence-electron chi connectivity index (χ0n) is 11.9. The van der Waals surface area contributed by atoms with Crippen molar-refractivity contribution < 1.29 is 22.5 Å². The van der Waals surface area contributed by atoms with Gasteiger partial charge in [0.25, 0.3) is 0 Å². The molecule has 0 aliphatic carbocycles. The lowest BCUT2D eigenvalue weighted by Gasteiger charge is -2.24. The predicted octanol–water partition coefficient (Wildman–Crippen LogP) is 1.05. The van der Waals surface area contributed by atoms with Crippen LogP contribution in [0.4, 0.5) is 13.2 Å². The number of hydrogen-bond donors (Lipinski definition) is 0. The van der Waals surface area contributed by atoms with Crippen molar-refractivity contribution in [2.24, 2.45) is 0 Å². The van der Waals surface area contributed by atoms with Crippen LogP contribution < -0.4 is 0 Å². The number of nitrogens with zero attached hydrogens (tertiary/aromatic N) is 4. The molecular weight excluding hydrogens is 289 g/mol. The molecule has 0 saturated carbocycles. The second-order valence-corrected chi connectivity index (χ2v) is 5.26. The number of likely N-dealkylation sites (N-methyl/N-ethyl adjacent to an activating group) is 2. The molecule has 0 amide bonds. The van der Waals surface area contributed by atoms with Gasteiger partial charge in [-0.1, -0.05) is 5.16 Å². The Balaban J connectivity index is 2.09. The summed E-state index contributed by atoms with van der Waals surface area (Å²) >= 11 is 0. The van der Waals surface area contributed by atoms with Crippen LogP contribution in [0.5, 0.6) is 0 Å². The lowest BCUT2D eigenvalue weighted by molar-refractivity contribution is -0.170. The van der Waals surface area contributed by atoms with Crippen LogP contribution in [-0.2, 0) is 11.2 Å². The molecule has 1 aliphatic rings. The van der Waals surface area contributed by atoms with Crippen LogP contribution >= 0.6 is 0 Å². The number of carbonyl (C=O) groups is 1. The van der Waals surface area contributed by atoms with E-state index in [4.69, 9.17) is 4.52 Å². The van der Waals surface area contributed by atoms with Crippen LogP contribution in [0.25, 0.3) is 0 Å². The van der Waals surface area contributed by atoms with Crippen LogP contribution in [-0.4, -0.2) is 65.6 Å². The van der Waals surface area contributed by atoms with Crippen LogP contribution in [0.15, 0.2) is 4.52 Å². The first-order chi connectivity index (χ1) is 9.77. The van der Waals surface area contributed by atoms with Crippen molar-refractivity contribution in [3.63, 3.8) is 0 Å². The van der Waals surface area contributed by atoms with E-state index in [2.05, 4.69) is 15.0 Å². The average molecular weight is 306 g/mol. The van der Waals surface area contributed by atoms with Gasteiger partial charge in [-0.2, -0.15) is 18.2 Å². The Morgan fingerprint density at radius 2 is 2.10 bits per heavy atom. The van der Waals surface area contributed by atoms with Gasteiger partial charge in [0, 0.05) is 6.54 Å². The van der Waals surface area contributed by atoms with E-state index in [1.54, 1.807) is 0 Å². The normalized spacial score (nSPS) is 22.2. The molecule has 0 N–H and O–H groups in total. The minimum atomic E-state index is -4.88. The lowest BCUT2D eigenvalue weighted by Crippen LogP contribution is -2.31. The summed E-state index contributed by atoms with van der Waals surface area (Å²) in [7, 11) is 3.86. The molecule has 1 aromatic rings. The maximum absolute atomic E-state index is 12.2. The van der Waals surface area contributed by atoms with Gasteiger partial charge in [-0.05, 0) is 33.6 Å². The summed E-state index contributed by atoms with van der Waals surface area (Å²) in [4.78, 5) is 19.0. The van der Waals surface area contributed by atoms with Crippen molar-refractivity contribution in [3.8, 4) is 0 Å². The first kappa shape index (κ1) is 15.9. The van der Waals surface area contributed by atoms with Crippen molar-refractivity contribution in [1.82, 2.24) is 19.9 Å². The molecule has 21 heavy (non-hydrogen) atoms. The van der Waals surface area contributed by atoms with Gasteiger partial charge in [0.1, 0.15) is 0 Å². The maximum Gasteiger partial charge on any atom is 0.450 e. The van der Waals surface area contributed by atoms with Crippen LogP contribution in [0.3, 0.4) is 0 Å². The molecule has 118 valence electrons. The molecule has 1 unspecified atom stereocenters. The van der Waals surface area contributed by atoms with Crippen molar-refractivity contribution in [2.75, 3.05) is 33.7 Å². The first-order valence-electron chi connectivity index (χ1n) is 6.58. The number of alkyl halides is 3. The van der Waals surface area contributed by atoms with Gasteiger partial charge in [-0.25, -0.2) is 0 Å². The summed E-state index contributed by atoms with van der Waals surface area (Å²) in [6.07, 6.45) is -4.81. The van der Waals surface area contributed by atoms with Crippen LogP contribution in [0, 0.1) is 0 Å². The highest BCUT2D eigenvalue weighted by Crippen LogP contribution is 2.22. The van der Waals surface area contributed by atoms with Crippen molar-refractivity contribution in [3.05, 3.63) is 11.7 Å². The van der Waals surface area contributed by atoms with Gasteiger partial charge in [-0.15, -0.1) is 0 Å². The summed E-state index contributed by atoms with van der Waals surface area (Å²) in [6.45, 7) is 2.42. The third-order valence-corrected chi connectivity index (χ3v) is 3.48. The number of aromatic nitrogens is 2. The minimum Gasteiger partial charge on any atom is -0.339 e. The van der Waals surface area contributed by atoms with Crippen molar-refractivity contribution >= 4 is 5.78 Å². The van der Waals surface area contributed by atoms with Gasteiger partial charge in [0.2, 0.25) is 11.7 Å². The van der Waals surface area contributed by atoms with E-state index in [-0.39, 0.29) is 11.9 Å². The van der Waals surface area contributed by atoms with E-state index in [1.807, 2.05) is 19.0 Å². The summed E-state index contributed by atoms with van der Waals surface area (Å²) < 4.78 is 41.4. The van der Waals surface area contributed by atoms with Gasteiger partial charge in [-0.3, -0.25) is 9.69 Å². The van der Waals surface area contributed by atoms with Crippen LogP contribution in [0.2, 0.25) is 0 Å². The van der Waals surface area contributed by atoms with E-state index >= 15 is 0 Å². The van der Waals surface area contributed by atoms with E-state index < -0.39 is 18.4 Å². The molecule has 1 atom stereocenters. The molecule has 2 heterocycles. The zero-order chi connectivity index (χ0) is 15.6. The van der Waals surface area contributed by atoms with Gasteiger partial charge < -0.3 is 9.42 Å². The quantitative estimate of drug-likeness (QED) is 0.832. The Bertz CT molecular complexity index is 503. The second kappa shape index (κ2) is 6.10. The summed E-state index contributed by atoms with van der Waals surface area (Å²) in [5.74, 6) is -1.87. The highest BCUT2D eigenvalue weighted by Gasteiger charge is 2.39. The van der Waals surface area contributed by atoms with Gasteiger partial charge >= 0.3 is 6.18 Å². The number of hydrogen-bond acceptors (Lipinski definition) is 6. The fourth-order valence-corrected chi connectivity index (χ4v) is 2.26. The molecule has 1 saturated heterocycles. The number of Topliss-reactive ketones (excluding diaryl/α,β-unsaturated/α-hetero) is 1. The zero-order valence-corrected chi connectivity index (χ0v) is 11.9.